The number of ether oxygens (including phenoxy) is 1. The summed E-state index contributed by atoms with van der Waals surface area (Å²) in [5.74, 6) is 0. The molecule has 1 aliphatic heterocycles. The molecule has 94 valence electrons. The number of nitrogens with zero attached hydrogens (tertiary/aromatic N) is 4. The molecular weight excluding hydrogens is 232 g/mol. The van der Waals surface area contributed by atoms with Crippen LogP contribution < -0.4 is 0 Å². The van der Waals surface area contributed by atoms with Gasteiger partial charge >= 0.3 is 6.09 Å². The fourth-order valence-electron chi connectivity index (χ4n) is 1.89. The van der Waals surface area contributed by atoms with E-state index in [1.807, 2.05) is 6.07 Å². The molecule has 1 atom stereocenters. The normalized spacial score (nSPS) is 15.9. The Balaban J connectivity index is 2.07. The molecule has 2 rings (SSSR count). The second-order valence-electron chi connectivity index (χ2n) is 4.05. The Morgan fingerprint density at radius 1 is 1.33 bits per heavy atom. The molecule has 0 bridgehead atoms. The average Bonchev–Trinajstić information content (AvgIpc) is 2.93. The molecule has 0 spiro atoms. The third-order valence-electron chi connectivity index (χ3n) is 2.82. The van der Waals surface area contributed by atoms with E-state index in [0.29, 0.717) is 18.7 Å². The number of azide groups is 1. The maximum absolute atomic E-state index is 11.8. The minimum absolute atomic E-state index is 0.422. The molecule has 1 aromatic rings. The van der Waals surface area contributed by atoms with Crippen LogP contribution in [0.5, 0.6) is 0 Å². The standard InChI is InChI=1S/C12H14N4O2/c13-15-14-11(10-6-2-1-3-7-10)18-12(17)16-8-4-5-9-16/h1-3,6-7,11H,4-5,8-9H2. The van der Waals surface area contributed by atoms with Crippen LogP contribution in [-0.4, -0.2) is 24.1 Å². The van der Waals surface area contributed by atoms with E-state index < -0.39 is 12.3 Å². The summed E-state index contributed by atoms with van der Waals surface area (Å²) in [7, 11) is 0. The second kappa shape index (κ2) is 5.93. The first-order chi connectivity index (χ1) is 8.81. The van der Waals surface area contributed by atoms with Gasteiger partial charge in [-0.1, -0.05) is 30.3 Å². The minimum Gasteiger partial charge on any atom is -0.435 e. The van der Waals surface area contributed by atoms with Crippen LogP contribution in [0.25, 0.3) is 10.4 Å². The minimum atomic E-state index is -0.899. The van der Waals surface area contributed by atoms with Crippen LogP contribution in [-0.2, 0) is 4.74 Å². The zero-order valence-electron chi connectivity index (χ0n) is 9.90. The Hall–Kier alpha value is -2.20. The SMILES string of the molecule is [N-]=[N+]=NC(OC(=O)N1CCCC1)c1ccccc1. The predicted octanol–water partition coefficient (Wildman–Crippen LogP) is 3.23. The van der Waals surface area contributed by atoms with Gasteiger partial charge in [0.1, 0.15) is 0 Å². The third kappa shape index (κ3) is 2.93. The van der Waals surface area contributed by atoms with Crippen molar-refractivity contribution in [3.05, 3.63) is 46.3 Å². The van der Waals surface area contributed by atoms with Crippen molar-refractivity contribution >= 4 is 6.09 Å². The van der Waals surface area contributed by atoms with Crippen LogP contribution in [0.2, 0.25) is 0 Å². The Morgan fingerprint density at radius 2 is 2.00 bits per heavy atom. The van der Waals surface area contributed by atoms with Gasteiger partial charge in [-0.05, 0) is 29.1 Å². The second-order valence-corrected chi connectivity index (χ2v) is 4.05. The summed E-state index contributed by atoms with van der Waals surface area (Å²) in [6.45, 7) is 1.41. The average molecular weight is 246 g/mol. The molecule has 1 unspecified atom stereocenters. The van der Waals surface area contributed by atoms with Crippen LogP contribution in [0.15, 0.2) is 35.4 Å². The maximum atomic E-state index is 11.8. The highest BCUT2D eigenvalue weighted by Crippen LogP contribution is 2.21. The number of likely N-dealkylation sites (tertiary alicyclic amines) is 1. The van der Waals surface area contributed by atoms with Gasteiger partial charge in [-0.25, -0.2) is 4.79 Å². The van der Waals surface area contributed by atoms with Crippen molar-refractivity contribution in [3.63, 3.8) is 0 Å². The van der Waals surface area contributed by atoms with Gasteiger partial charge in [0.15, 0.2) is 0 Å². The predicted molar refractivity (Wildman–Crippen MR) is 65.6 cm³/mol. The molecule has 0 saturated carbocycles. The van der Waals surface area contributed by atoms with E-state index in [1.165, 1.54) is 0 Å². The number of hydrogen-bond donors (Lipinski definition) is 0. The van der Waals surface area contributed by atoms with E-state index >= 15 is 0 Å². The van der Waals surface area contributed by atoms with Crippen LogP contribution in [0.1, 0.15) is 24.6 Å². The fourth-order valence-corrected chi connectivity index (χ4v) is 1.89. The molecule has 1 heterocycles. The number of hydrogen-bond acceptors (Lipinski definition) is 3. The number of carbonyl (C=O) groups is 1. The fraction of sp³-hybridized carbons (Fsp3) is 0.417. The first-order valence-electron chi connectivity index (χ1n) is 5.86. The summed E-state index contributed by atoms with van der Waals surface area (Å²) in [4.78, 5) is 16.2. The Labute approximate surface area is 105 Å². The summed E-state index contributed by atoms with van der Waals surface area (Å²) in [6, 6.07) is 8.98. The topological polar surface area (TPSA) is 78.3 Å². The molecular formula is C12H14N4O2. The summed E-state index contributed by atoms with van der Waals surface area (Å²) in [6.07, 6.45) is 0.664. The molecule has 6 heteroatoms. The summed E-state index contributed by atoms with van der Waals surface area (Å²) < 4.78 is 5.23. The van der Waals surface area contributed by atoms with Crippen molar-refractivity contribution in [2.45, 2.75) is 19.1 Å². The van der Waals surface area contributed by atoms with Gasteiger partial charge in [0.2, 0.25) is 6.23 Å². The number of carbonyl (C=O) groups excluding carboxylic acids is 1. The van der Waals surface area contributed by atoms with E-state index in [-0.39, 0.29) is 0 Å². The van der Waals surface area contributed by atoms with Crippen LogP contribution in [0, 0.1) is 0 Å². The van der Waals surface area contributed by atoms with Crippen molar-refractivity contribution in [3.8, 4) is 0 Å². The zero-order chi connectivity index (χ0) is 12.8. The summed E-state index contributed by atoms with van der Waals surface area (Å²) >= 11 is 0. The quantitative estimate of drug-likeness (QED) is 0.466. The van der Waals surface area contributed by atoms with E-state index in [1.54, 1.807) is 29.2 Å². The van der Waals surface area contributed by atoms with E-state index in [4.69, 9.17) is 10.3 Å². The van der Waals surface area contributed by atoms with E-state index in [0.717, 1.165) is 12.8 Å². The molecule has 0 radical (unpaired) electrons. The van der Waals surface area contributed by atoms with Crippen LogP contribution >= 0.6 is 0 Å². The number of amides is 1. The zero-order valence-corrected chi connectivity index (χ0v) is 9.90. The van der Waals surface area contributed by atoms with Crippen LogP contribution in [0.3, 0.4) is 0 Å². The third-order valence-corrected chi connectivity index (χ3v) is 2.82. The van der Waals surface area contributed by atoms with Crippen molar-refractivity contribution in [2.24, 2.45) is 5.11 Å². The highest BCUT2D eigenvalue weighted by molar-refractivity contribution is 5.68. The molecule has 6 nitrogen and oxygen atoms in total. The van der Waals surface area contributed by atoms with E-state index in [9.17, 15) is 4.79 Å². The van der Waals surface area contributed by atoms with Gasteiger partial charge < -0.3 is 9.64 Å². The molecule has 0 aromatic heterocycles. The van der Waals surface area contributed by atoms with Crippen molar-refractivity contribution in [2.75, 3.05) is 13.1 Å². The first kappa shape index (κ1) is 12.3. The lowest BCUT2D eigenvalue weighted by Crippen LogP contribution is -2.29. The van der Waals surface area contributed by atoms with Gasteiger partial charge in [-0.2, -0.15) is 0 Å². The molecule has 1 aliphatic rings. The summed E-state index contributed by atoms with van der Waals surface area (Å²) in [5.41, 5.74) is 9.20. The summed E-state index contributed by atoms with van der Waals surface area (Å²) in [5, 5.41) is 3.52. The number of benzene rings is 1. The molecule has 0 N–H and O–H groups in total. The van der Waals surface area contributed by atoms with E-state index in [2.05, 4.69) is 10.0 Å². The highest BCUT2D eigenvalue weighted by Gasteiger charge is 2.22. The van der Waals surface area contributed by atoms with Gasteiger partial charge in [-0.3, -0.25) is 0 Å². The lowest BCUT2D eigenvalue weighted by atomic mass is 10.2. The van der Waals surface area contributed by atoms with Crippen LogP contribution in [0.4, 0.5) is 4.79 Å². The largest absolute Gasteiger partial charge is 0.435 e. The highest BCUT2D eigenvalue weighted by atomic mass is 16.6. The van der Waals surface area contributed by atoms with Gasteiger partial charge in [0.25, 0.3) is 0 Å². The Kier molecular flexibility index (Phi) is 4.04. The lowest BCUT2D eigenvalue weighted by Gasteiger charge is -2.19. The molecule has 18 heavy (non-hydrogen) atoms. The monoisotopic (exact) mass is 246 g/mol. The van der Waals surface area contributed by atoms with Gasteiger partial charge in [-0.15, -0.1) is 0 Å². The van der Waals surface area contributed by atoms with Crippen molar-refractivity contribution in [1.29, 1.82) is 0 Å². The first-order valence-corrected chi connectivity index (χ1v) is 5.86. The van der Waals surface area contributed by atoms with Crippen molar-refractivity contribution < 1.29 is 9.53 Å². The van der Waals surface area contributed by atoms with Crippen molar-refractivity contribution in [1.82, 2.24) is 4.90 Å². The molecule has 0 aliphatic carbocycles. The molecule has 1 fully saturated rings. The maximum Gasteiger partial charge on any atom is 0.410 e. The Morgan fingerprint density at radius 3 is 2.61 bits per heavy atom. The molecule has 1 aromatic carbocycles. The molecule has 1 saturated heterocycles. The lowest BCUT2D eigenvalue weighted by molar-refractivity contribution is 0.0711. The molecule has 1 amide bonds. The van der Waals surface area contributed by atoms with Gasteiger partial charge in [0.05, 0.1) is 0 Å². The smallest absolute Gasteiger partial charge is 0.410 e. The Bertz CT molecular complexity index is 450. The van der Waals surface area contributed by atoms with Gasteiger partial charge in [0, 0.05) is 18.0 Å². The number of rotatable bonds is 3.